The first kappa shape index (κ1) is 21.0. The predicted octanol–water partition coefficient (Wildman–Crippen LogP) is 6.05. The van der Waals surface area contributed by atoms with E-state index in [-0.39, 0.29) is 6.03 Å². The van der Waals surface area contributed by atoms with E-state index in [1.165, 1.54) is 50.3 Å². The summed E-state index contributed by atoms with van der Waals surface area (Å²) in [5.74, 6) is 0. The molecule has 2 saturated carbocycles. The summed E-state index contributed by atoms with van der Waals surface area (Å²) in [5, 5.41) is 3.72. The molecule has 1 aromatic carbocycles. The summed E-state index contributed by atoms with van der Waals surface area (Å²) in [5.41, 5.74) is 1.05. The van der Waals surface area contributed by atoms with E-state index < -0.39 is 0 Å². The molecule has 0 aromatic heterocycles. The van der Waals surface area contributed by atoms with E-state index in [0.717, 1.165) is 36.2 Å². The van der Waals surface area contributed by atoms with Gasteiger partial charge in [0.15, 0.2) is 5.17 Å². The molecule has 4 nitrogen and oxygen atoms in total. The van der Waals surface area contributed by atoms with Gasteiger partial charge in [-0.25, -0.2) is 4.79 Å². The van der Waals surface area contributed by atoms with Gasteiger partial charge in [-0.2, -0.15) is 0 Å². The molecule has 3 rings (SSSR count). The second kappa shape index (κ2) is 10.7. The number of amides is 2. The third-order valence-corrected chi connectivity index (χ3v) is 6.86. The number of benzene rings is 1. The Balaban J connectivity index is 1.67. The normalized spacial score (nSPS) is 19.2. The zero-order valence-electron chi connectivity index (χ0n) is 17.0. The number of nitrogens with zero attached hydrogens (tertiary/aromatic N) is 2. The number of nitrogens with one attached hydrogen (secondary N) is 1. The van der Waals surface area contributed by atoms with Gasteiger partial charge in [0.1, 0.15) is 0 Å². The molecule has 0 bridgehead atoms. The maximum absolute atomic E-state index is 13.3. The maximum atomic E-state index is 13.3. The van der Waals surface area contributed by atoms with Crippen LogP contribution >= 0.6 is 11.8 Å². The van der Waals surface area contributed by atoms with Crippen molar-refractivity contribution in [3.63, 3.8) is 0 Å². The van der Waals surface area contributed by atoms with Crippen molar-refractivity contribution in [1.82, 2.24) is 10.2 Å². The molecule has 0 saturated heterocycles. The largest absolute Gasteiger partial charge is 0.323 e. The van der Waals surface area contributed by atoms with Crippen molar-refractivity contribution in [1.29, 1.82) is 0 Å². The van der Waals surface area contributed by atoms with Crippen LogP contribution in [0.15, 0.2) is 41.9 Å². The van der Waals surface area contributed by atoms with E-state index >= 15 is 0 Å². The summed E-state index contributed by atoms with van der Waals surface area (Å²) in [4.78, 5) is 20.7. The first-order valence-corrected chi connectivity index (χ1v) is 11.5. The van der Waals surface area contributed by atoms with Crippen LogP contribution in [0.1, 0.15) is 69.8 Å². The molecule has 1 aromatic rings. The zero-order valence-corrected chi connectivity index (χ0v) is 17.8. The lowest BCUT2D eigenvalue weighted by Gasteiger charge is -2.41. The lowest BCUT2D eigenvalue weighted by atomic mass is 9.89. The predicted molar refractivity (Wildman–Crippen MR) is 121 cm³/mol. The van der Waals surface area contributed by atoms with E-state index in [0.29, 0.717) is 17.3 Å². The second-order valence-corrected chi connectivity index (χ2v) is 8.92. The quantitative estimate of drug-likeness (QED) is 0.494. The molecule has 152 valence electrons. The molecule has 0 unspecified atom stereocenters. The van der Waals surface area contributed by atoms with Gasteiger partial charge in [-0.15, -0.1) is 0 Å². The molecule has 0 heterocycles. The smallest absolute Gasteiger partial charge is 0.319 e. The average Bonchev–Trinajstić information content (AvgIpc) is 2.75. The van der Waals surface area contributed by atoms with Crippen LogP contribution in [0, 0.1) is 0 Å². The molecule has 2 aliphatic carbocycles. The Morgan fingerprint density at radius 2 is 1.54 bits per heavy atom. The third-order valence-electron chi connectivity index (χ3n) is 5.90. The van der Waals surface area contributed by atoms with Crippen molar-refractivity contribution in [3.8, 4) is 0 Å². The van der Waals surface area contributed by atoms with E-state index in [2.05, 4.69) is 21.8 Å². The molecular weight excluding hydrogens is 366 g/mol. The SMILES string of the molecule is C=C(SC(=NC)NC(=O)N(C1CCCCC1)C1CCCCC1)c1ccccc1. The Labute approximate surface area is 173 Å². The minimum Gasteiger partial charge on any atom is -0.319 e. The van der Waals surface area contributed by atoms with Gasteiger partial charge in [0.25, 0.3) is 0 Å². The average molecular weight is 400 g/mol. The van der Waals surface area contributed by atoms with Crippen LogP contribution < -0.4 is 5.32 Å². The number of hydrogen-bond donors (Lipinski definition) is 1. The summed E-state index contributed by atoms with van der Waals surface area (Å²) in [6.07, 6.45) is 12.0. The molecule has 0 atom stereocenters. The van der Waals surface area contributed by atoms with Gasteiger partial charge in [-0.3, -0.25) is 10.3 Å². The fourth-order valence-corrected chi connectivity index (χ4v) is 5.15. The fourth-order valence-electron chi connectivity index (χ4n) is 4.43. The Morgan fingerprint density at radius 3 is 2.04 bits per heavy atom. The number of aliphatic imine (C=N–C) groups is 1. The molecule has 0 radical (unpaired) electrons. The van der Waals surface area contributed by atoms with Gasteiger partial charge >= 0.3 is 6.03 Å². The van der Waals surface area contributed by atoms with Crippen molar-refractivity contribution >= 4 is 27.9 Å². The summed E-state index contributed by atoms with van der Waals surface area (Å²) < 4.78 is 0. The Kier molecular flexibility index (Phi) is 8.01. The third kappa shape index (κ3) is 5.63. The summed E-state index contributed by atoms with van der Waals surface area (Å²) >= 11 is 1.43. The van der Waals surface area contributed by atoms with E-state index in [1.54, 1.807) is 7.05 Å². The van der Waals surface area contributed by atoms with Crippen LogP contribution in [0.5, 0.6) is 0 Å². The zero-order chi connectivity index (χ0) is 19.8. The molecule has 0 aliphatic heterocycles. The van der Waals surface area contributed by atoms with Crippen LogP contribution in [0.3, 0.4) is 0 Å². The van der Waals surface area contributed by atoms with E-state index in [1.807, 2.05) is 30.3 Å². The molecule has 0 spiro atoms. The van der Waals surface area contributed by atoms with Crippen molar-refractivity contribution in [2.45, 2.75) is 76.3 Å². The molecule has 1 N–H and O–H groups in total. The molecule has 5 heteroatoms. The van der Waals surface area contributed by atoms with Gasteiger partial charge in [0.05, 0.1) is 0 Å². The first-order chi connectivity index (χ1) is 13.7. The number of thioether (sulfide) groups is 1. The minimum atomic E-state index is 0.0211. The number of carbonyl (C=O) groups is 1. The van der Waals surface area contributed by atoms with Gasteiger partial charge < -0.3 is 4.90 Å². The highest BCUT2D eigenvalue weighted by molar-refractivity contribution is 8.21. The maximum Gasteiger partial charge on any atom is 0.323 e. The van der Waals surface area contributed by atoms with E-state index in [9.17, 15) is 4.79 Å². The Hall–Kier alpha value is -1.75. The van der Waals surface area contributed by atoms with Crippen molar-refractivity contribution in [2.75, 3.05) is 7.05 Å². The van der Waals surface area contributed by atoms with Crippen LogP contribution in [-0.4, -0.2) is 35.2 Å². The standard InChI is InChI=1S/C23H33N3OS/c1-18(19-12-6-3-7-13-19)28-22(24-2)25-23(27)26(20-14-8-4-9-15-20)21-16-10-5-11-17-21/h3,6-7,12-13,20-21H,1,4-5,8-11,14-17H2,2H3,(H,24,25,27). The lowest BCUT2D eigenvalue weighted by Crippen LogP contribution is -2.53. The number of carbonyl (C=O) groups excluding carboxylic acids is 1. The fraction of sp³-hybridized carbons (Fsp3) is 0.565. The Morgan fingerprint density at radius 1 is 1.00 bits per heavy atom. The van der Waals surface area contributed by atoms with Crippen LogP contribution in [0.25, 0.3) is 4.91 Å². The number of rotatable bonds is 4. The van der Waals surface area contributed by atoms with Gasteiger partial charge in [-0.05, 0) is 31.2 Å². The summed E-state index contributed by atoms with van der Waals surface area (Å²) in [6.45, 7) is 4.16. The van der Waals surface area contributed by atoms with Crippen LogP contribution in [0.4, 0.5) is 4.79 Å². The Bertz CT molecular complexity index is 658. The van der Waals surface area contributed by atoms with Crippen molar-refractivity contribution < 1.29 is 4.79 Å². The highest BCUT2D eigenvalue weighted by Crippen LogP contribution is 2.31. The topological polar surface area (TPSA) is 44.7 Å². The van der Waals surface area contributed by atoms with E-state index in [4.69, 9.17) is 0 Å². The molecule has 2 aliphatic rings. The molecule has 2 amide bonds. The van der Waals surface area contributed by atoms with Gasteiger partial charge in [0, 0.05) is 24.0 Å². The number of amidine groups is 1. The van der Waals surface area contributed by atoms with Crippen LogP contribution in [-0.2, 0) is 0 Å². The van der Waals surface area contributed by atoms with Gasteiger partial charge in [0.2, 0.25) is 0 Å². The summed E-state index contributed by atoms with van der Waals surface area (Å²) in [7, 11) is 1.73. The lowest BCUT2D eigenvalue weighted by molar-refractivity contribution is 0.108. The van der Waals surface area contributed by atoms with Crippen molar-refractivity contribution in [2.24, 2.45) is 4.99 Å². The highest BCUT2D eigenvalue weighted by Gasteiger charge is 2.33. The van der Waals surface area contributed by atoms with Crippen molar-refractivity contribution in [3.05, 3.63) is 42.5 Å². The summed E-state index contributed by atoms with van der Waals surface area (Å²) in [6, 6.07) is 10.8. The molecule has 2 fully saturated rings. The number of hydrogen-bond acceptors (Lipinski definition) is 3. The molecular formula is C23H33N3OS. The number of urea groups is 1. The minimum absolute atomic E-state index is 0.0211. The van der Waals surface area contributed by atoms with Gasteiger partial charge in [-0.1, -0.05) is 87.2 Å². The highest BCUT2D eigenvalue weighted by atomic mass is 32.2. The first-order valence-electron chi connectivity index (χ1n) is 10.7. The molecule has 28 heavy (non-hydrogen) atoms. The van der Waals surface area contributed by atoms with Crippen LogP contribution in [0.2, 0.25) is 0 Å². The monoisotopic (exact) mass is 399 g/mol. The second-order valence-electron chi connectivity index (χ2n) is 7.84.